The average molecular weight is 158 g/mol. The minimum Gasteiger partial charge on any atom is -0.367 e. The van der Waals surface area contributed by atoms with E-state index in [9.17, 15) is 0 Å². The lowest BCUT2D eigenvalue weighted by Gasteiger charge is -1.90. The predicted molar refractivity (Wildman–Crippen MR) is 27.6 cm³/mol. The maximum absolute atomic E-state index is 7.79. The molecule has 40 valence electrons. The van der Waals surface area contributed by atoms with E-state index in [4.69, 9.17) is 10.2 Å². The van der Waals surface area contributed by atoms with Crippen molar-refractivity contribution in [3.63, 3.8) is 0 Å². The lowest BCUT2D eigenvalue weighted by Crippen LogP contribution is -2.17. The summed E-state index contributed by atoms with van der Waals surface area (Å²) >= 11 is 0. The number of halogens is 1. The first kappa shape index (κ1) is 9.61. The molecule has 0 aliphatic carbocycles. The molecule has 3 nitrogen and oxygen atoms in total. The normalized spacial score (nSPS) is 8.00. The number of aliphatic hydroxyl groups is 2. The highest BCUT2D eigenvalue weighted by atomic mass is 79.9. The van der Waals surface area contributed by atoms with Crippen molar-refractivity contribution in [3.05, 3.63) is 0 Å². The predicted octanol–water partition coefficient (Wildman–Crippen LogP) is -1.17. The van der Waals surface area contributed by atoms with Crippen LogP contribution in [-0.4, -0.2) is 23.0 Å². The molecule has 0 saturated heterocycles. The summed E-state index contributed by atoms with van der Waals surface area (Å²) in [5, 5.41) is 15.6. The highest BCUT2D eigenvalue weighted by Gasteiger charge is 1.83. The van der Waals surface area contributed by atoms with E-state index in [2.05, 4.69) is 5.73 Å². The fourth-order valence-corrected chi connectivity index (χ4v) is 0. The van der Waals surface area contributed by atoms with Crippen LogP contribution in [0.25, 0.3) is 0 Å². The van der Waals surface area contributed by atoms with E-state index >= 15 is 0 Å². The Labute approximate surface area is 46.5 Å². The van der Waals surface area contributed by atoms with Crippen LogP contribution in [0.5, 0.6) is 0 Å². The van der Waals surface area contributed by atoms with Gasteiger partial charge in [0.1, 0.15) is 0 Å². The Morgan fingerprint density at radius 1 is 1.50 bits per heavy atom. The summed E-state index contributed by atoms with van der Waals surface area (Å²) in [6.45, 7) is -0.0833. The van der Waals surface area contributed by atoms with Crippen LogP contribution in [0.15, 0.2) is 0 Å². The molecule has 0 aliphatic heterocycles. The maximum atomic E-state index is 7.79. The molecule has 0 fully saturated rings. The van der Waals surface area contributed by atoms with E-state index in [1.165, 1.54) is 0 Å². The summed E-state index contributed by atoms with van der Waals surface area (Å²) < 4.78 is 0. The molecule has 4 N–H and O–H groups in total. The van der Waals surface area contributed by atoms with Crippen LogP contribution in [0.2, 0.25) is 0 Å². The zero-order valence-electron chi connectivity index (χ0n) is 3.16. The van der Waals surface area contributed by atoms with Crippen LogP contribution < -0.4 is 5.73 Å². The number of nitrogens with two attached hydrogens (primary N) is 1. The Balaban J connectivity index is 0. The summed E-state index contributed by atoms with van der Waals surface area (Å²) in [5.41, 5.74) is 4.67. The van der Waals surface area contributed by atoms with Gasteiger partial charge < -0.3 is 15.9 Å². The molecule has 0 atom stereocenters. The van der Waals surface area contributed by atoms with Crippen molar-refractivity contribution < 1.29 is 10.2 Å². The van der Waals surface area contributed by atoms with Crippen LogP contribution in [0.1, 0.15) is 0 Å². The Kier molecular flexibility index (Phi) is 8.59. The van der Waals surface area contributed by atoms with Crippen LogP contribution in [0.3, 0.4) is 0 Å². The van der Waals surface area contributed by atoms with Crippen molar-refractivity contribution in [2.45, 2.75) is 6.29 Å². The molecule has 0 spiro atoms. The quantitative estimate of drug-likeness (QED) is 0.421. The Bertz CT molecular complexity index is 25.5. The standard InChI is InChI=1S/C2H7NO2.BrH/c3-1-2(4)5;/h2,4-5H,1,3H2;1H. The molecule has 0 aromatic rings. The van der Waals surface area contributed by atoms with E-state index < -0.39 is 6.29 Å². The first-order valence-corrected chi connectivity index (χ1v) is 1.33. The van der Waals surface area contributed by atoms with Crippen LogP contribution in [-0.2, 0) is 0 Å². The van der Waals surface area contributed by atoms with Gasteiger partial charge in [-0.3, -0.25) is 0 Å². The third-order valence-corrected chi connectivity index (χ3v) is 0.211. The summed E-state index contributed by atoms with van der Waals surface area (Å²) in [6, 6.07) is 0. The van der Waals surface area contributed by atoms with E-state index in [0.717, 1.165) is 0 Å². The molecular weight excluding hydrogens is 150 g/mol. The van der Waals surface area contributed by atoms with Crippen LogP contribution in [0.4, 0.5) is 0 Å². The molecule has 6 heavy (non-hydrogen) atoms. The molecule has 0 heterocycles. The molecule has 0 amide bonds. The van der Waals surface area contributed by atoms with Gasteiger partial charge in [-0.1, -0.05) is 0 Å². The van der Waals surface area contributed by atoms with Crippen molar-refractivity contribution in [1.82, 2.24) is 0 Å². The van der Waals surface area contributed by atoms with Gasteiger partial charge in [0.15, 0.2) is 6.29 Å². The molecule has 0 aromatic heterocycles. The van der Waals surface area contributed by atoms with Crippen molar-refractivity contribution in [2.24, 2.45) is 5.73 Å². The second kappa shape index (κ2) is 5.36. The van der Waals surface area contributed by atoms with Gasteiger partial charge in [0.2, 0.25) is 0 Å². The van der Waals surface area contributed by atoms with Gasteiger partial charge in [-0.05, 0) is 0 Å². The highest BCUT2D eigenvalue weighted by Crippen LogP contribution is 1.58. The first-order chi connectivity index (χ1) is 2.27. The topological polar surface area (TPSA) is 66.5 Å². The minimum atomic E-state index is -1.34. The molecule has 0 radical (unpaired) electrons. The maximum Gasteiger partial charge on any atom is 0.163 e. The number of rotatable bonds is 1. The van der Waals surface area contributed by atoms with E-state index in [0.29, 0.717) is 0 Å². The first-order valence-electron chi connectivity index (χ1n) is 1.33. The molecule has 0 aromatic carbocycles. The number of hydrogen-bond acceptors (Lipinski definition) is 3. The van der Waals surface area contributed by atoms with Crippen molar-refractivity contribution in [3.8, 4) is 0 Å². The third-order valence-electron chi connectivity index (χ3n) is 0.211. The number of aliphatic hydroxyl groups excluding tert-OH is 1. The molecule has 4 heteroatoms. The van der Waals surface area contributed by atoms with Gasteiger partial charge >= 0.3 is 0 Å². The molecular formula is C2H8BrNO2. The molecule has 0 rings (SSSR count). The summed E-state index contributed by atoms with van der Waals surface area (Å²) in [4.78, 5) is 0. The minimum absolute atomic E-state index is 0. The van der Waals surface area contributed by atoms with Gasteiger partial charge in [-0.2, -0.15) is 0 Å². The fourth-order valence-electron chi connectivity index (χ4n) is 0. The second-order valence-corrected chi connectivity index (χ2v) is 0.716. The second-order valence-electron chi connectivity index (χ2n) is 0.716. The smallest absolute Gasteiger partial charge is 0.163 e. The summed E-state index contributed by atoms with van der Waals surface area (Å²) in [6.07, 6.45) is -1.34. The Hall–Kier alpha value is 0.360. The SMILES string of the molecule is Br.NCC(O)O. The molecule has 0 aliphatic rings. The number of hydrogen-bond donors (Lipinski definition) is 3. The van der Waals surface area contributed by atoms with Crippen molar-refractivity contribution >= 4 is 17.0 Å². The van der Waals surface area contributed by atoms with E-state index in [1.54, 1.807) is 0 Å². The van der Waals surface area contributed by atoms with Gasteiger partial charge in [0, 0.05) is 6.54 Å². The van der Waals surface area contributed by atoms with Gasteiger partial charge in [0.05, 0.1) is 0 Å². The average Bonchev–Trinajstić information content (AvgIpc) is 1.38. The molecule has 0 saturated carbocycles. The van der Waals surface area contributed by atoms with Crippen LogP contribution in [0, 0.1) is 0 Å². The monoisotopic (exact) mass is 157 g/mol. The lowest BCUT2D eigenvalue weighted by molar-refractivity contribution is -0.0309. The zero-order valence-corrected chi connectivity index (χ0v) is 4.88. The lowest BCUT2D eigenvalue weighted by atomic mass is 10.7. The largest absolute Gasteiger partial charge is 0.367 e. The highest BCUT2D eigenvalue weighted by molar-refractivity contribution is 8.93. The summed E-state index contributed by atoms with van der Waals surface area (Å²) in [5.74, 6) is 0. The third kappa shape index (κ3) is 8.84. The van der Waals surface area contributed by atoms with Crippen molar-refractivity contribution in [2.75, 3.05) is 6.54 Å². The van der Waals surface area contributed by atoms with E-state index in [-0.39, 0.29) is 23.5 Å². The van der Waals surface area contributed by atoms with Gasteiger partial charge in [-0.25, -0.2) is 0 Å². The molecule has 0 unspecified atom stereocenters. The summed E-state index contributed by atoms with van der Waals surface area (Å²) in [7, 11) is 0. The van der Waals surface area contributed by atoms with Gasteiger partial charge in [-0.15, -0.1) is 17.0 Å². The van der Waals surface area contributed by atoms with Crippen LogP contribution >= 0.6 is 17.0 Å². The Morgan fingerprint density at radius 2 is 1.67 bits per heavy atom. The fraction of sp³-hybridized carbons (Fsp3) is 1.00. The van der Waals surface area contributed by atoms with Gasteiger partial charge in [0.25, 0.3) is 0 Å². The van der Waals surface area contributed by atoms with Crippen molar-refractivity contribution in [1.29, 1.82) is 0 Å². The Morgan fingerprint density at radius 3 is 1.67 bits per heavy atom. The zero-order chi connectivity index (χ0) is 4.28. The van der Waals surface area contributed by atoms with E-state index in [1.807, 2.05) is 0 Å². The molecule has 0 bridgehead atoms.